The maximum absolute atomic E-state index is 9.76. The third-order valence-electron chi connectivity index (χ3n) is 2.45. The van der Waals surface area contributed by atoms with Crippen molar-refractivity contribution in [3.8, 4) is 0 Å². The summed E-state index contributed by atoms with van der Waals surface area (Å²) in [5.41, 5.74) is 0.343. The lowest BCUT2D eigenvalue weighted by molar-refractivity contribution is 0.0422. The van der Waals surface area contributed by atoms with Crippen LogP contribution in [0.3, 0.4) is 0 Å². The standard InChI is InChI=1S/C14H25N3O/c1-5-9-15-13-8-6-7-12(16-13)10-17(4)11-14(2,3)18/h6-8,18H,5,9-11H2,1-4H3,(H,15,16). The van der Waals surface area contributed by atoms with Crippen LogP contribution in [-0.4, -0.2) is 40.7 Å². The van der Waals surface area contributed by atoms with Gasteiger partial charge in [0.05, 0.1) is 11.3 Å². The zero-order valence-corrected chi connectivity index (χ0v) is 11.9. The molecule has 1 heterocycles. The number of rotatable bonds is 7. The van der Waals surface area contributed by atoms with Crippen LogP contribution in [-0.2, 0) is 6.54 Å². The van der Waals surface area contributed by atoms with E-state index < -0.39 is 5.60 Å². The fraction of sp³-hybridized carbons (Fsp3) is 0.643. The molecule has 1 aromatic heterocycles. The fourth-order valence-electron chi connectivity index (χ4n) is 1.91. The quantitative estimate of drug-likeness (QED) is 0.779. The molecule has 18 heavy (non-hydrogen) atoms. The number of anilines is 1. The SMILES string of the molecule is CCCNc1cccc(CN(C)CC(C)(C)O)n1. The minimum Gasteiger partial charge on any atom is -0.389 e. The number of aliphatic hydroxyl groups is 1. The lowest BCUT2D eigenvalue weighted by Gasteiger charge is -2.25. The van der Waals surface area contributed by atoms with Crippen LogP contribution in [0.1, 0.15) is 32.9 Å². The van der Waals surface area contributed by atoms with Crippen LogP contribution in [0, 0.1) is 0 Å². The maximum atomic E-state index is 9.76. The summed E-state index contributed by atoms with van der Waals surface area (Å²) < 4.78 is 0. The van der Waals surface area contributed by atoms with E-state index in [1.54, 1.807) is 0 Å². The first kappa shape index (κ1) is 14.9. The molecule has 0 saturated carbocycles. The van der Waals surface area contributed by atoms with Gasteiger partial charge in [-0.05, 0) is 39.4 Å². The van der Waals surface area contributed by atoms with Gasteiger partial charge in [0, 0.05) is 19.6 Å². The first-order chi connectivity index (χ1) is 8.40. The van der Waals surface area contributed by atoms with Crippen molar-refractivity contribution in [2.75, 3.05) is 25.5 Å². The van der Waals surface area contributed by atoms with Crippen LogP contribution in [0.25, 0.3) is 0 Å². The first-order valence-electron chi connectivity index (χ1n) is 6.51. The second-order valence-electron chi connectivity index (χ2n) is 5.43. The van der Waals surface area contributed by atoms with E-state index in [1.807, 2.05) is 39.1 Å². The second-order valence-corrected chi connectivity index (χ2v) is 5.43. The molecule has 0 aliphatic carbocycles. The third-order valence-corrected chi connectivity index (χ3v) is 2.45. The molecule has 0 saturated heterocycles. The van der Waals surface area contributed by atoms with Crippen molar-refractivity contribution in [3.63, 3.8) is 0 Å². The number of hydrogen-bond acceptors (Lipinski definition) is 4. The van der Waals surface area contributed by atoms with Gasteiger partial charge in [-0.15, -0.1) is 0 Å². The Labute approximate surface area is 110 Å². The zero-order chi connectivity index (χ0) is 13.6. The van der Waals surface area contributed by atoms with E-state index in [9.17, 15) is 5.11 Å². The van der Waals surface area contributed by atoms with Crippen LogP contribution in [0.4, 0.5) is 5.82 Å². The minimum atomic E-state index is -0.674. The monoisotopic (exact) mass is 251 g/mol. The van der Waals surface area contributed by atoms with Crippen molar-refractivity contribution < 1.29 is 5.11 Å². The Hall–Kier alpha value is -1.13. The summed E-state index contributed by atoms with van der Waals surface area (Å²) in [6.07, 6.45) is 1.09. The molecule has 0 bridgehead atoms. The van der Waals surface area contributed by atoms with Gasteiger partial charge in [0.1, 0.15) is 5.82 Å². The van der Waals surface area contributed by atoms with Gasteiger partial charge < -0.3 is 10.4 Å². The predicted molar refractivity (Wildman–Crippen MR) is 75.6 cm³/mol. The van der Waals surface area contributed by atoms with Crippen LogP contribution in [0.5, 0.6) is 0 Å². The molecule has 0 spiro atoms. The fourth-order valence-corrected chi connectivity index (χ4v) is 1.91. The van der Waals surface area contributed by atoms with Gasteiger partial charge in [0.15, 0.2) is 0 Å². The number of hydrogen-bond donors (Lipinski definition) is 2. The van der Waals surface area contributed by atoms with Crippen molar-refractivity contribution in [1.29, 1.82) is 0 Å². The Morgan fingerprint density at radius 2 is 2.11 bits per heavy atom. The average Bonchev–Trinajstić information content (AvgIpc) is 2.24. The molecule has 0 aromatic carbocycles. The average molecular weight is 251 g/mol. The molecule has 0 aliphatic heterocycles. The van der Waals surface area contributed by atoms with Crippen molar-refractivity contribution >= 4 is 5.82 Å². The highest BCUT2D eigenvalue weighted by molar-refractivity contribution is 5.35. The molecule has 4 heteroatoms. The van der Waals surface area contributed by atoms with Gasteiger partial charge in [0.25, 0.3) is 0 Å². The largest absolute Gasteiger partial charge is 0.389 e. The van der Waals surface area contributed by atoms with Gasteiger partial charge in [-0.25, -0.2) is 4.98 Å². The summed E-state index contributed by atoms with van der Waals surface area (Å²) in [6.45, 7) is 8.07. The van der Waals surface area contributed by atoms with E-state index in [4.69, 9.17) is 0 Å². The summed E-state index contributed by atoms with van der Waals surface area (Å²) in [5.74, 6) is 0.922. The maximum Gasteiger partial charge on any atom is 0.126 e. The molecule has 0 radical (unpaired) electrons. The first-order valence-corrected chi connectivity index (χ1v) is 6.51. The summed E-state index contributed by atoms with van der Waals surface area (Å²) in [4.78, 5) is 6.62. The van der Waals surface area contributed by atoms with Crippen molar-refractivity contribution in [3.05, 3.63) is 23.9 Å². The van der Waals surface area contributed by atoms with E-state index in [0.717, 1.165) is 31.0 Å². The van der Waals surface area contributed by atoms with Gasteiger partial charge in [-0.3, -0.25) is 4.90 Å². The Kier molecular flexibility index (Phi) is 5.56. The van der Waals surface area contributed by atoms with E-state index in [0.29, 0.717) is 6.54 Å². The normalized spacial score (nSPS) is 11.9. The molecule has 1 aromatic rings. The summed E-state index contributed by atoms with van der Waals surface area (Å²) in [7, 11) is 1.99. The van der Waals surface area contributed by atoms with Gasteiger partial charge in [-0.2, -0.15) is 0 Å². The Bertz CT molecular complexity index is 360. The minimum absolute atomic E-state index is 0.626. The molecule has 0 unspecified atom stereocenters. The van der Waals surface area contributed by atoms with Crippen LogP contribution in [0.15, 0.2) is 18.2 Å². The van der Waals surface area contributed by atoms with Crippen molar-refractivity contribution in [2.45, 2.75) is 39.3 Å². The smallest absolute Gasteiger partial charge is 0.126 e. The molecular formula is C14H25N3O. The Morgan fingerprint density at radius 3 is 2.72 bits per heavy atom. The van der Waals surface area contributed by atoms with Gasteiger partial charge in [0.2, 0.25) is 0 Å². The summed E-state index contributed by atoms with van der Waals surface area (Å²) in [5, 5.41) is 13.0. The van der Waals surface area contributed by atoms with E-state index in [1.165, 1.54) is 0 Å². The summed E-state index contributed by atoms with van der Waals surface area (Å²) in [6, 6.07) is 6.01. The molecule has 0 fully saturated rings. The molecule has 0 aliphatic rings. The molecule has 0 amide bonds. The lowest BCUT2D eigenvalue weighted by atomic mass is 10.1. The van der Waals surface area contributed by atoms with Crippen LogP contribution >= 0.6 is 0 Å². The number of likely N-dealkylation sites (N-methyl/N-ethyl adjacent to an activating group) is 1. The molecule has 102 valence electrons. The molecule has 1 rings (SSSR count). The Balaban J connectivity index is 2.56. The Morgan fingerprint density at radius 1 is 1.39 bits per heavy atom. The molecule has 0 atom stereocenters. The highest BCUT2D eigenvalue weighted by atomic mass is 16.3. The highest BCUT2D eigenvalue weighted by Gasteiger charge is 2.15. The lowest BCUT2D eigenvalue weighted by Crippen LogP contribution is -2.36. The van der Waals surface area contributed by atoms with E-state index >= 15 is 0 Å². The van der Waals surface area contributed by atoms with Gasteiger partial charge >= 0.3 is 0 Å². The predicted octanol–water partition coefficient (Wildman–Crippen LogP) is 2.11. The number of nitrogens with one attached hydrogen (secondary N) is 1. The summed E-state index contributed by atoms with van der Waals surface area (Å²) >= 11 is 0. The van der Waals surface area contributed by atoms with E-state index in [2.05, 4.69) is 22.1 Å². The molecule has 2 N–H and O–H groups in total. The molecular weight excluding hydrogens is 226 g/mol. The number of aromatic nitrogens is 1. The number of pyridine rings is 1. The topological polar surface area (TPSA) is 48.4 Å². The second kappa shape index (κ2) is 6.71. The zero-order valence-electron chi connectivity index (χ0n) is 11.9. The van der Waals surface area contributed by atoms with Crippen molar-refractivity contribution in [1.82, 2.24) is 9.88 Å². The third kappa shape index (κ3) is 5.98. The van der Waals surface area contributed by atoms with E-state index in [-0.39, 0.29) is 0 Å². The molecule has 4 nitrogen and oxygen atoms in total. The number of nitrogens with zero attached hydrogens (tertiary/aromatic N) is 2. The highest BCUT2D eigenvalue weighted by Crippen LogP contribution is 2.09. The van der Waals surface area contributed by atoms with Crippen LogP contribution in [0.2, 0.25) is 0 Å². The van der Waals surface area contributed by atoms with Crippen LogP contribution < -0.4 is 5.32 Å². The van der Waals surface area contributed by atoms with Crippen molar-refractivity contribution in [2.24, 2.45) is 0 Å². The van der Waals surface area contributed by atoms with Gasteiger partial charge in [-0.1, -0.05) is 13.0 Å².